The number of pyridine rings is 1. The number of carbonyl (C=O) groups excluding carboxylic acids is 1. The number of ketones is 1. The standard InChI is InChI=1S/C18H24N2O2/c1-2-3-6-16-8-9-19-17(15-16)18(21)7-4-5-10-20-11-13-22-14-12-20/h8-9,15H,2,4-5,7,10-14H2,1H3. The second kappa shape index (κ2) is 9.34. The second-order valence-corrected chi connectivity index (χ2v) is 5.42. The first-order valence-electron chi connectivity index (χ1n) is 8.08. The Morgan fingerprint density at radius 3 is 2.95 bits per heavy atom. The lowest BCUT2D eigenvalue weighted by Crippen LogP contribution is -2.36. The van der Waals surface area contributed by atoms with Crippen molar-refractivity contribution in [3.63, 3.8) is 0 Å². The summed E-state index contributed by atoms with van der Waals surface area (Å²) in [4.78, 5) is 18.7. The van der Waals surface area contributed by atoms with Crippen molar-refractivity contribution in [2.75, 3.05) is 32.8 Å². The van der Waals surface area contributed by atoms with Gasteiger partial charge in [-0.1, -0.05) is 18.8 Å². The van der Waals surface area contributed by atoms with E-state index in [9.17, 15) is 4.79 Å². The molecule has 1 aliphatic heterocycles. The molecule has 1 aromatic heterocycles. The maximum Gasteiger partial charge on any atom is 0.181 e. The predicted octanol–water partition coefficient (Wildman–Crippen LogP) is 2.53. The fourth-order valence-corrected chi connectivity index (χ4v) is 2.43. The lowest BCUT2D eigenvalue weighted by molar-refractivity contribution is 0.0371. The molecule has 4 heteroatoms. The summed E-state index contributed by atoms with van der Waals surface area (Å²) in [6.45, 7) is 6.73. The van der Waals surface area contributed by atoms with Gasteiger partial charge in [0.15, 0.2) is 5.78 Å². The Hall–Kier alpha value is -1.70. The number of nitrogens with zero attached hydrogens (tertiary/aromatic N) is 2. The molecule has 1 fully saturated rings. The highest BCUT2D eigenvalue weighted by molar-refractivity contribution is 5.94. The van der Waals surface area contributed by atoms with E-state index in [2.05, 4.69) is 21.7 Å². The van der Waals surface area contributed by atoms with Crippen LogP contribution in [0.3, 0.4) is 0 Å². The van der Waals surface area contributed by atoms with Crippen molar-refractivity contribution in [2.45, 2.75) is 32.6 Å². The predicted molar refractivity (Wildman–Crippen MR) is 86.8 cm³/mol. The van der Waals surface area contributed by atoms with Gasteiger partial charge in [-0.3, -0.25) is 14.7 Å². The lowest BCUT2D eigenvalue weighted by Gasteiger charge is -2.26. The van der Waals surface area contributed by atoms with Crippen LogP contribution >= 0.6 is 0 Å². The van der Waals surface area contributed by atoms with E-state index in [4.69, 9.17) is 4.74 Å². The van der Waals surface area contributed by atoms with Gasteiger partial charge in [0.05, 0.1) is 13.2 Å². The van der Waals surface area contributed by atoms with Crippen molar-refractivity contribution >= 4 is 5.78 Å². The molecule has 0 bridgehead atoms. The Kier molecular flexibility index (Phi) is 7.08. The molecule has 0 N–H and O–H groups in total. The van der Waals surface area contributed by atoms with E-state index in [0.717, 1.165) is 57.7 Å². The zero-order chi connectivity index (χ0) is 15.6. The van der Waals surface area contributed by atoms with Gasteiger partial charge < -0.3 is 4.74 Å². The molecule has 0 saturated carbocycles. The van der Waals surface area contributed by atoms with E-state index in [1.165, 1.54) is 0 Å². The molecular weight excluding hydrogens is 276 g/mol. The Balaban J connectivity index is 1.74. The number of Topliss-reactive ketones (excluding diaryl/α,β-unsaturated/α-hetero) is 1. The minimum atomic E-state index is 0.113. The number of ether oxygens (including phenoxy) is 1. The molecule has 0 amide bonds. The summed E-state index contributed by atoms with van der Waals surface area (Å²) in [5, 5.41) is 0. The third-order valence-electron chi connectivity index (χ3n) is 3.69. The summed E-state index contributed by atoms with van der Waals surface area (Å²) in [7, 11) is 0. The fraction of sp³-hybridized carbons (Fsp3) is 0.556. The Bertz CT molecular complexity index is 540. The highest BCUT2D eigenvalue weighted by atomic mass is 16.5. The molecule has 1 aromatic rings. The van der Waals surface area contributed by atoms with Gasteiger partial charge >= 0.3 is 0 Å². The summed E-state index contributed by atoms with van der Waals surface area (Å²) in [5.41, 5.74) is 1.41. The monoisotopic (exact) mass is 300 g/mol. The molecular formula is C18H24N2O2. The zero-order valence-corrected chi connectivity index (χ0v) is 13.3. The molecule has 0 unspecified atom stereocenters. The number of carbonyl (C=O) groups is 1. The Morgan fingerprint density at radius 1 is 1.36 bits per heavy atom. The third kappa shape index (κ3) is 5.59. The molecule has 0 atom stereocenters. The van der Waals surface area contributed by atoms with Crippen LogP contribution in [0.2, 0.25) is 0 Å². The van der Waals surface area contributed by atoms with Crippen molar-refractivity contribution < 1.29 is 9.53 Å². The number of unbranched alkanes of at least 4 members (excludes halogenated alkanes) is 1. The van der Waals surface area contributed by atoms with Gasteiger partial charge in [0.2, 0.25) is 0 Å². The van der Waals surface area contributed by atoms with E-state index in [0.29, 0.717) is 12.1 Å². The zero-order valence-electron chi connectivity index (χ0n) is 13.3. The lowest BCUT2D eigenvalue weighted by atomic mass is 10.1. The first-order chi connectivity index (χ1) is 10.8. The van der Waals surface area contributed by atoms with E-state index >= 15 is 0 Å². The van der Waals surface area contributed by atoms with Crippen LogP contribution in [0.15, 0.2) is 18.3 Å². The molecule has 0 radical (unpaired) electrons. The Morgan fingerprint density at radius 2 is 2.18 bits per heavy atom. The molecule has 22 heavy (non-hydrogen) atoms. The fourth-order valence-electron chi connectivity index (χ4n) is 2.43. The molecule has 4 nitrogen and oxygen atoms in total. The molecule has 2 heterocycles. The maximum atomic E-state index is 12.2. The maximum absolute atomic E-state index is 12.2. The van der Waals surface area contributed by atoms with E-state index in [1.807, 2.05) is 13.0 Å². The van der Waals surface area contributed by atoms with Crippen LogP contribution in [-0.2, 0) is 4.74 Å². The number of morpholine rings is 1. The van der Waals surface area contributed by atoms with Crippen LogP contribution in [0.25, 0.3) is 0 Å². The number of aromatic nitrogens is 1. The minimum Gasteiger partial charge on any atom is -0.379 e. The van der Waals surface area contributed by atoms with Crippen molar-refractivity contribution in [2.24, 2.45) is 0 Å². The number of hydrogen-bond acceptors (Lipinski definition) is 4. The molecule has 0 aliphatic carbocycles. The van der Waals surface area contributed by atoms with Crippen LogP contribution in [0.5, 0.6) is 0 Å². The van der Waals surface area contributed by atoms with Crippen LogP contribution in [0, 0.1) is 11.8 Å². The molecule has 0 spiro atoms. The van der Waals surface area contributed by atoms with Crippen molar-refractivity contribution in [3.05, 3.63) is 29.6 Å². The van der Waals surface area contributed by atoms with Gasteiger partial charge in [0.1, 0.15) is 5.69 Å². The SMILES string of the molecule is CCC#Cc1ccnc(C(=O)CCCCN2CCOCC2)c1. The van der Waals surface area contributed by atoms with Crippen molar-refractivity contribution in [3.8, 4) is 11.8 Å². The first kappa shape index (κ1) is 16.7. The quantitative estimate of drug-likeness (QED) is 0.460. The van der Waals surface area contributed by atoms with Crippen LogP contribution < -0.4 is 0 Å². The van der Waals surface area contributed by atoms with E-state index < -0.39 is 0 Å². The highest BCUT2D eigenvalue weighted by Gasteiger charge is 2.11. The Labute approximate surface area is 132 Å². The topological polar surface area (TPSA) is 42.4 Å². The summed E-state index contributed by atoms with van der Waals surface area (Å²) in [6.07, 6.45) is 4.99. The van der Waals surface area contributed by atoms with Crippen molar-refractivity contribution in [1.82, 2.24) is 9.88 Å². The summed E-state index contributed by atoms with van der Waals surface area (Å²) in [5.74, 6) is 6.17. The molecule has 2 rings (SSSR count). The summed E-state index contributed by atoms with van der Waals surface area (Å²) in [6, 6.07) is 3.64. The van der Waals surface area contributed by atoms with Gasteiger partial charge in [-0.15, -0.1) is 0 Å². The second-order valence-electron chi connectivity index (χ2n) is 5.42. The average molecular weight is 300 g/mol. The molecule has 118 valence electrons. The highest BCUT2D eigenvalue weighted by Crippen LogP contribution is 2.08. The van der Waals surface area contributed by atoms with E-state index in [-0.39, 0.29) is 5.78 Å². The van der Waals surface area contributed by atoms with Crippen LogP contribution in [0.4, 0.5) is 0 Å². The smallest absolute Gasteiger partial charge is 0.181 e. The molecule has 1 saturated heterocycles. The number of rotatable bonds is 6. The van der Waals surface area contributed by atoms with Crippen LogP contribution in [0.1, 0.15) is 48.7 Å². The first-order valence-corrected chi connectivity index (χ1v) is 8.08. The van der Waals surface area contributed by atoms with Crippen LogP contribution in [-0.4, -0.2) is 48.5 Å². The van der Waals surface area contributed by atoms with Gasteiger partial charge in [-0.05, 0) is 31.5 Å². The van der Waals surface area contributed by atoms with Gasteiger partial charge in [0, 0.05) is 37.7 Å². The number of hydrogen-bond donors (Lipinski definition) is 0. The minimum absolute atomic E-state index is 0.113. The summed E-state index contributed by atoms with van der Waals surface area (Å²) < 4.78 is 5.33. The normalized spacial score (nSPS) is 15.1. The largest absolute Gasteiger partial charge is 0.379 e. The third-order valence-corrected chi connectivity index (χ3v) is 3.69. The molecule has 1 aliphatic rings. The summed E-state index contributed by atoms with van der Waals surface area (Å²) >= 11 is 0. The van der Waals surface area contributed by atoms with Gasteiger partial charge in [-0.25, -0.2) is 0 Å². The van der Waals surface area contributed by atoms with Gasteiger partial charge in [-0.2, -0.15) is 0 Å². The molecule has 0 aromatic carbocycles. The average Bonchev–Trinajstić information content (AvgIpc) is 2.58. The van der Waals surface area contributed by atoms with Gasteiger partial charge in [0.25, 0.3) is 0 Å². The van der Waals surface area contributed by atoms with E-state index in [1.54, 1.807) is 12.3 Å². The van der Waals surface area contributed by atoms with Crippen molar-refractivity contribution in [1.29, 1.82) is 0 Å².